The molecule has 3 aliphatic rings. The van der Waals surface area contributed by atoms with E-state index in [4.69, 9.17) is 14.2 Å². The molecule has 184 valence electrons. The van der Waals surface area contributed by atoms with Crippen molar-refractivity contribution in [3.63, 3.8) is 0 Å². The smallest absolute Gasteiger partial charge is 0.258 e. The number of likely N-dealkylation sites (tertiary alicyclic amines) is 1. The van der Waals surface area contributed by atoms with E-state index in [9.17, 15) is 5.26 Å². The zero-order chi connectivity index (χ0) is 25.0. The van der Waals surface area contributed by atoms with Crippen LogP contribution in [-0.4, -0.2) is 33.7 Å². The molecule has 1 saturated heterocycles. The van der Waals surface area contributed by atoms with Gasteiger partial charge in [-0.2, -0.15) is 10.2 Å². The predicted octanol–water partition coefficient (Wildman–Crippen LogP) is 6.34. The van der Waals surface area contributed by atoms with E-state index < -0.39 is 0 Å². The summed E-state index contributed by atoms with van der Waals surface area (Å²) in [5, 5.41) is 13.9. The molecule has 1 saturated carbocycles. The largest absolute Gasteiger partial charge is 0.490 e. The van der Waals surface area contributed by atoms with Gasteiger partial charge in [-0.1, -0.05) is 35.5 Å². The Morgan fingerprint density at radius 2 is 2.08 bits per heavy atom. The third-order valence-corrected chi connectivity index (χ3v) is 8.21. The van der Waals surface area contributed by atoms with E-state index in [1.807, 2.05) is 19.9 Å². The van der Waals surface area contributed by atoms with Gasteiger partial charge in [0.15, 0.2) is 0 Å². The molecule has 0 bridgehead atoms. The fraction of sp³-hybridized carbons (Fsp3) is 0.433. The number of allylic oxidation sites excluding steroid dienone is 1. The van der Waals surface area contributed by atoms with Crippen LogP contribution in [0.4, 0.5) is 0 Å². The first kappa shape index (κ1) is 23.0. The fourth-order valence-electron chi connectivity index (χ4n) is 6.34. The molecule has 6 heteroatoms. The Morgan fingerprint density at radius 1 is 1.25 bits per heavy atom. The van der Waals surface area contributed by atoms with E-state index in [2.05, 4.69) is 47.8 Å². The van der Waals surface area contributed by atoms with Gasteiger partial charge in [0.1, 0.15) is 11.8 Å². The van der Waals surface area contributed by atoms with Crippen LogP contribution < -0.4 is 4.74 Å². The normalized spacial score (nSPS) is 24.8. The van der Waals surface area contributed by atoms with Crippen molar-refractivity contribution in [3.05, 3.63) is 65.2 Å². The lowest BCUT2D eigenvalue weighted by atomic mass is 9.75. The van der Waals surface area contributed by atoms with Gasteiger partial charge in [0.25, 0.3) is 5.89 Å². The maximum atomic E-state index is 9.59. The molecule has 0 N–H and O–H groups in total. The van der Waals surface area contributed by atoms with Crippen LogP contribution in [0.25, 0.3) is 22.8 Å². The Balaban J connectivity index is 1.27. The lowest BCUT2D eigenvalue weighted by molar-refractivity contribution is 0.0760. The lowest BCUT2D eigenvalue weighted by Crippen LogP contribution is -2.44. The number of nitriles is 1. The van der Waals surface area contributed by atoms with Crippen molar-refractivity contribution >= 4 is 0 Å². The molecule has 2 aromatic carbocycles. The second-order valence-corrected chi connectivity index (χ2v) is 10.9. The first-order valence-corrected chi connectivity index (χ1v) is 13.0. The molecule has 0 amide bonds. The fourth-order valence-corrected chi connectivity index (χ4v) is 6.34. The number of hydrogen-bond donors (Lipinski definition) is 0. The van der Waals surface area contributed by atoms with Crippen molar-refractivity contribution < 1.29 is 9.26 Å². The van der Waals surface area contributed by atoms with Gasteiger partial charge in [0.05, 0.1) is 11.7 Å². The summed E-state index contributed by atoms with van der Waals surface area (Å²) in [5.41, 5.74) is 6.35. The third kappa shape index (κ3) is 3.83. The molecule has 2 aliphatic carbocycles. The summed E-state index contributed by atoms with van der Waals surface area (Å²) in [5.74, 6) is 2.93. The molecule has 1 aliphatic heterocycles. The van der Waals surface area contributed by atoms with Gasteiger partial charge >= 0.3 is 0 Å². The highest BCUT2D eigenvalue weighted by Gasteiger charge is 2.47. The Labute approximate surface area is 212 Å². The molecule has 2 atom stereocenters. The van der Waals surface area contributed by atoms with Gasteiger partial charge < -0.3 is 9.26 Å². The van der Waals surface area contributed by atoms with Crippen LogP contribution in [0.1, 0.15) is 62.8 Å². The van der Waals surface area contributed by atoms with Crippen molar-refractivity contribution in [2.24, 2.45) is 11.8 Å². The molecule has 2 fully saturated rings. The van der Waals surface area contributed by atoms with Crippen LogP contribution in [-0.2, 0) is 6.42 Å². The Bertz CT molecular complexity index is 1360. The molecular formula is C30H32N4O2. The van der Waals surface area contributed by atoms with E-state index >= 15 is 0 Å². The minimum Gasteiger partial charge on any atom is -0.490 e. The average molecular weight is 481 g/mol. The Hall–Kier alpha value is -3.43. The maximum Gasteiger partial charge on any atom is 0.258 e. The minimum atomic E-state index is -0.00891. The van der Waals surface area contributed by atoms with Gasteiger partial charge in [0.2, 0.25) is 5.82 Å². The van der Waals surface area contributed by atoms with E-state index in [0.29, 0.717) is 52.5 Å². The number of aromatic nitrogens is 2. The van der Waals surface area contributed by atoms with Gasteiger partial charge in [-0.05, 0) is 94.2 Å². The van der Waals surface area contributed by atoms with Crippen LogP contribution in [0.3, 0.4) is 0 Å². The molecule has 2 heterocycles. The van der Waals surface area contributed by atoms with E-state index in [0.717, 1.165) is 12.0 Å². The topological polar surface area (TPSA) is 75.2 Å². The molecule has 0 radical (unpaired) electrons. The highest BCUT2D eigenvalue weighted by atomic mass is 16.5. The van der Waals surface area contributed by atoms with Crippen molar-refractivity contribution in [2.45, 2.75) is 64.6 Å². The quantitative estimate of drug-likeness (QED) is 0.384. The van der Waals surface area contributed by atoms with Gasteiger partial charge in [0, 0.05) is 23.2 Å². The minimum absolute atomic E-state index is 0.00891. The van der Waals surface area contributed by atoms with Crippen LogP contribution in [0.5, 0.6) is 5.75 Å². The molecule has 0 unspecified atom stereocenters. The molecule has 1 aromatic heterocycles. The van der Waals surface area contributed by atoms with Crippen molar-refractivity contribution in [1.29, 1.82) is 5.26 Å². The van der Waals surface area contributed by atoms with Gasteiger partial charge in [-0.15, -0.1) is 0 Å². The second kappa shape index (κ2) is 8.90. The van der Waals surface area contributed by atoms with Gasteiger partial charge in [-0.25, -0.2) is 0 Å². The molecule has 6 nitrogen and oxygen atoms in total. The SMILES string of the molecule is C=C(C)C1CC(N2CC[C@@H]3Cc4c(-c5noc(-c6ccc(OC(C)C)c(C#N)c6)n5)cccc4[C@@H]32)C1. The van der Waals surface area contributed by atoms with Gasteiger partial charge in [-0.3, -0.25) is 4.90 Å². The van der Waals surface area contributed by atoms with E-state index in [1.165, 1.54) is 42.5 Å². The summed E-state index contributed by atoms with van der Waals surface area (Å²) in [7, 11) is 0. The van der Waals surface area contributed by atoms with Crippen molar-refractivity contribution in [3.8, 4) is 34.7 Å². The van der Waals surface area contributed by atoms with Crippen LogP contribution in [0, 0.1) is 23.2 Å². The summed E-state index contributed by atoms with van der Waals surface area (Å²) in [6.07, 6.45) is 4.78. The maximum absolute atomic E-state index is 9.59. The zero-order valence-corrected chi connectivity index (χ0v) is 21.2. The van der Waals surface area contributed by atoms with Crippen LogP contribution in [0.15, 0.2) is 53.1 Å². The molecule has 3 aromatic rings. The van der Waals surface area contributed by atoms with E-state index in [1.54, 1.807) is 12.1 Å². The third-order valence-electron chi connectivity index (χ3n) is 8.21. The van der Waals surface area contributed by atoms with Crippen LogP contribution >= 0.6 is 0 Å². The second-order valence-electron chi connectivity index (χ2n) is 10.9. The first-order valence-electron chi connectivity index (χ1n) is 13.0. The summed E-state index contributed by atoms with van der Waals surface area (Å²) in [6, 6.07) is 15.3. The number of nitrogens with zero attached hydrogens (tertiary/aromatic N) is 4. The van der Waals surface area contributed by atoms with Crippen molar-refractivity contribution in [1.82, 2.24) is 15.0 Å². The summed E-state index contributed by atoms with van der Waals surface area (Å²) >= 11 is 0. The average Bonchev–Trinajstić information content (AvgIpc) is 3.54. The lowest BCUT2D eigenvalue weighted by Gasteiger charge is -2.44. The first-order chi connectivity index (χ1) is 17.4. The number of ether oxygens (including phenoxy) is 1. The number of fused-ring (bicyclic) bond motifs is 3. The Morgan fingerprint density at radius 3 is 2.83 bits per heavy atom. The monoisotopic (exact) mass is 480 g/mol. The highest BCUT2D eigenvalue weighted by molar-refractivity contribution is 5.67. The zero-order valence-electron chi connectivity index (χ0n) is 21.2. The number of rotatable bonds is 6. The standard InChI is InChI=1S/C30H32N4O2/c1-17(2)21-13-23(14-21)34-11-10-19-15-26-24(28(19)34)6-5-7-25(26)29-32-30(36-33-29)20-8-9-27(35-18(3)4)22(12-20)16-31/h5-9,12,18-19,21,23,28H,1,10-11,13-15H2,2-4H3/t19-,21?,23?,28-/m1/s1. The summed E-state index contributed by atoms with van der Waals surface area (Å²) < 4.78 is 11.4. The number of hydrogen-bond acceptors (Lipinski definition) is 6. The molecule has 36 heavy (non-hydrogen) atoms. The summed E-state index contributed by atoms with van der Waals surface area (Å²) in [6.45, 7) is 11.4. The molecular weight excluding hydrogens is 448 g/mol. The van der Waals surface area contributed by atoms with Crippen LogP contribution in [0.2, 0.25) is 0 Å². The highest BCUT2D eigenvalue weighted by Crippen LogP contribution is 2.52. The van der Waals surface area contributed by atoms with E-state index in [-0.39, 0.29) is 6.10 Å². The number of benzene rings is 2. The molecule has 6 rings (SSSR count). The van der Waals surface area contributed by atoms with Crippen molar-refractivity contribution in [2.75, 3.05) is 6.54 Å². The summed E-state index contributed by atoms with van der Waals surface area (Å²) in [4.78, 5) is 7.50. The molecule has 0 spiro atoms. The Kier molecular flexibility index (Phi) is 5.69. The predicted molar refractivity (Wildman–Crippen MR) is 138 cm³/mol.